The van der Waals surface area contributed by atoms with Crippen molar-refractivity contribution in [1.29, 1.82) is 0 Å². The first kappa shape index (κ1) is 10.8. The number of amides is 1. The third-order valence-corrected chi connectivity index (χ3v) is 2.13. The van der Waals surface area contributed by atoms with Crippen LogP contribution < -0.4 is 5.73 Å². The molecule has 0 aromatic carbocycles. The largest absolute Gasteiger partial charge is 0.363 e. The number of carbonyl (C=O) groups excluding carboxylic acids is 1. The van der Waals surface area contributed by atoms with Crippen molar-refractivity contribution >= 4 is 11.7 Å². The van der Waals surface area contributed by atoms with Gasteiger partial charge in [0.15, 0.2) is 5.69 Å². The van der Waals surface area contributed by atoms with Crippen LogP contribution in [0.3, 0.4) is 0 Å². The van der Waals surface area contributed by atoms with Crippen molar-refractivity contribution in [2.24, 2.45) is 12.8 Å². The fraction of sp³-hybridized carbons (Fsp3) is 0.125. The van der Waals surface area contributed by atoms with Crippen molar-refractivity contribution in [3.05, 3.63) is 28.1 Å². The fourth-order valence-electron chi connectivity index (χ4n) is 1.30. The first-order valence-corrected chi connectivity index (χ1v) is 4.43. The minimum absolute atomic E-state index is 0.134. The highest BCUT2D eigenvalue weighted by atomic mass is 16.6. The van der Waals surface area contributed by atoms with Gasteiger partial charge in [-0.1, -0.05) is 5.16 Å². The third-order valence-electron chi connectivity index (χ3n) is 2.13. The molecule has 0 atom stereocenters. The Labute approximate surface area is 94.0 Å². The van der Waals surface area contributed by atoms with Crippen molar-refractivity contribution in [1.82, 2.24) is 14.7 Å². The van der Waals surface area contributed by atoms with E-state index >= 15 is 0 Å². The van der Waals surface area contributed by atoms with Gasteiger partial charge in [0.25, 0.3) is 11.7 Å². The van der Waals surface area contributed by atoms with E-state index in [4.69, 9.17) is 5.73 Å². The molecule has 0 aliphatic carbocycles. The molecular weight excluding hydrogens is 230 g/mol. The highest BCUT2D eigenvalue weighted by molar-refractivity contribution is 5.90. The highest BCUT2D eigenvalue weighted by Gasteiger charge is 2.22. The van der Waals surface area contributed by atoms with Gasteiger partial charge in [-0.05, 0) is 4.92 Å². The Bertz CT molecular complexity index is 599. The van der Waals surface area contributed by atoms with Crippen molar-refractivity contribution < 1.29 is 14.2 Å². The number of nitrogens with zero attached hydrogens (tertiary/aromatic N) is 4. The average Bonchev–Trinajstić information content (AvgIpc) is 2.82. The number of carbonyl (C=O) groups is 1. The number of primary amides is 1. The predicted molar refractivity (Wildman–Crippen MR) is 53.9 cm³/mol. The molecule has 2 heterocycles. The van der Waals surface area contributed by atoms with Crippen molar-refractivity contribution in [2.45, 2.75) is 0 Å². The quantitative estimate of drug-likeness (QED) is 0.594. The van der Waals surface area contributed by atoms with Gasteiger partial charge in [0, 0.05) is 6.07 Å². The molecule has 1 amide bonds. The molecule has 9 heteroatoms. The molecule has 0 fully saturated rings. The summed E-state index contributed by atoms with van der Waals surface area (Å²) in [5.41, 5.74) is 5.19. The van der Waals surface area contributed by atoms with E-state index in [9.17, 15) is 14.9 Å². The molecule has 0 saturated carbocycles. The van der Waals surface area contributed by atoms with Crippen LogP contribution in [0.5, 0.6) is 0 Å². The van der Waals surface area contributed by atoms with Crippen LogP contribution in [0.4, 0.5) is 5.82 Å². The minimum atomic E-state index is -0.771. The third kappa shape index (κ3) is 1.73. The second-order valence-corrected chi connectivity index (χ2v) is 3.20. The summed E-state index contributed by atoms with van der Waals surface area (Å²) in [5, 5.41) is 14.2. The number of aromatic nitrogens is 3. The van der Waals surface area contributed by atoms with Crippen LogP contribution in [0.1, 0.15) is 10.6 Å². The van der Waals surface area contributed by atoms with Gasteiger partial charge in [0.2, 0.25) is 5.76 Å². The van der Waals surface area contributed by atoms with E-state index in [-0.39, 0.29) is 23.1 Å². The first-order valence-electron chi connectivity index (χ1n) is 4.43. The fourth-order valence-corrected chi connectivity index (χ4v) is 1.30. The SMILES string of the molecule is Cn1c([N+](=O)[O-])cnc1-c1cc(C(N)=O)on1. The number of rotatable bonds is 3. The topological polar surface area (TPSA) is 130 Å². The monoisotopic (exact) mass is 237 g/mol. The lowest BCUT2D eigenvalue weighted by atomic mass is 10.3. The maximum absolute atomic E-state index is 10.8. The average molecular weight is 237 g/mol. The van der Waals surface area contributed by atoms with Crippen LogP contribution in [0.15, 0.2) is 16.8 Å². The number of hydrogen-bond donors (Lipinski definition) is 1. The minimum Gasteiger partial charge on any atom is -0.363 e. The van der Waals surface area contributed by atoms with Gasteiger partial charge in [-0.15, -0.1) is 0 Å². The molecule has 2 aromatic heterocycles. The Kier molecular flexibility index (Phi) is 2.35. The summed E-state index contributed by atoms with van der Waals surface area (Å²) in [6, 6.07) is 1.27. The van der Waals surface area contributed by atoms with E-state index in [1.54, 1.807) is 0 Å². The van der Waals surface area contributed by atoms with Crippen molar-refractivity contribution in [3.8, 4) is 11.5 Å². The summed E-state index contributed by atoms with van der Waals surface area (Å²) in [6.07, 6.45) is 1.09. The number of hydrogen-bond acceptors (Lipinski definition) is 6. The molecule has 17 heavy (non-hydrogen) atoms. The second kappa shape index (κ2) is 3.70. The highest BCUT2D eigenvalue weighted by Crippen LogP contribution is 2.21. The summed E-state index contributed by atoms with van der Waals surface area (Å²) in [4.78, 5) is 24.7. The lowest BCUT2D eigenvalue weighted by Gasteiger charge is -1.94. The summed E-state index contributed by atoms with van der Waals surface area (Å²) in [6.45, 7) is 0. The molecule has 0 saturated heterocycles. The maximum atomic E-state index is 10.8. The van der Waals surface area contributed by atoms with Gasteiger partial charge in [-0.25, -0.2) is 9.55 Å². The molecule has 88 valence electrons. The van der Waals surface area contributed by atoms with Gasteiger partial charge >= 0.3 is 5.82 Å². The van der Waals surface area contributed by atoms with E-state index < -0.39 is 10.8 Å². The Morgan fingerprint density at radius 2 is 2.35 bits per heavy atom. The zero-order valence-corrected chi connectivity index (χ0v) is 8.65. The van der Waals surface area contributed by atoms with Crippen LogP contribution in [0.25, 0.3) is 11.5 Å². The van der Waals surface area contributed by atoms with Crippen LogP contribution in [0.2, 0.25) is 0 Å². The van der Waals surface area contributed by atoms with E-state index in [1.165, 1.54) is 17.7 Å². The van der Waals surface area contributed by atoms with E-state index in [1.807, 2.05) is 0 Å². The van der Waals surface area contributed by atoms with Crippen LogP contribution in [-0.2, 0) is 7.05 Å². The number of nitrogens with two attached hydrogens (primary N) is 1. The standard InChI is InChI=1S/C8H7N5O4/c1-12-6(13(15)16)3-10-8(12)4-2-5(7(9)14)17-11-4/h2-3H,1H3,(H2,9,14). The van der Waals surface area contributed by atoms with Gasteiger partial charge in [-0.2, -0.15) is 0 Å². The first-order chi connectivity index (χ1) is 8.00. The predicted octanol–water partition coefficient (Wildman–Crippen LogP) is 0.0822. The van der Waals surface area contributed by atoms with Gasteiger partial charge < -0.3 is 20.4 Å². The molecule has 0 aliphatic heterocycles. The van der Waals surface area contributed by atoms with Gasteiger partial charge in [-0.3, -0.25) is 4.79 Å². The zero-order chi connectivity index (χ0) is 12.6. The zero-order valence-electron chi connectivity index (χ0n) is 8.65. The van der Waals surface area contributed by atoms with Crippen LogP contribution in [-0.4, -0.2) is 25.5 Å². The second-order valence-electron chi connectivity index (χ2n) is 3.20. The lowest BCUT2D eigenvalue weighted by Crippen LogP contribution is -2.09. The molecule has 2 N–H and O–H groups in total. The van der Waals surface area contributed by atoms with Crippen molar-refractivity contribution in [2.75, 3.05) is 0 Å². The lowest BCUT2D eigenvalue weighted by molar-refractivity contribution is -0.391. The molecule has 0 radical (unpaired) electrons. The molecule has 2 rings (SSSR count). The normalized spacial score (nSPS) is 10.4. The maximum Gasteiger partial charge on any atom is 0.342 e. The smallest absolute Gasteiger partial charge is 0.342 e. The van der Waals surface area contributed by atoms with E-state index in [2.05, 4.69) is 14.7 Å². The van der Waals surface area contributed by atoms with Crippen molar-refractivity contribution in [3.63, 3.8) is 0 Å². The van der Waals surface area contributed by atoms with E-state index in [0.717, 1.165) is 6.20 Å². The van der Waals surface area contributed by atoms with Crippen LogP contribution in [0, 0.1) is 10.1 Å². The summed E-state index contributed by atoms with van der Waals surface area (Å²) >= 11 is 0. The molecule has 9 nitrogen and oxygen atoms in total. The molecule has 0 spiro atoms. The molecular formula is C8H7N5O4. The molecule has 0 bridgehead atoms. The van der Waals surface area contributed by atoms with Gasteiger partial charge in [0.1, 0.15) is 6.20 Å². The summed E-state index contributed by atoms with van der Waals surface area (Å²) in [5.74, 6) is -0.880. The Balaban J connectivity index is 2.46. The van der Waals surface area contributed by atoms with Crippen LogP contribution >= 0.6 is 0 Å². The van der Waals surface area contributed by atoms with Gasteiger partial charge in [0.05, 0.1) is 7.05 Å². The Morgan fingerprint density at radius 3 is 2.82 bits per heavy atom. The summed E-state index contributed by atoms with van der Waals surface area (Å²) in [7, 11) is 1.46. The molecule has 2 aromatic rings. The molecule has 0 aliphatic rings. The Hall–Kier alpha value is -2.71. The number of nitro groups is 1. The molecule has 0 unspecified atom stereocenters. The Morgan fingerprint density at radius 1 is 1.65 bits per heavy atom. The summed E-state index contributed by atoms with van der Waals surface area (Å²) < 4.78 is 5.88. The number of imidazole rings is 1. The van der Waals surface area contributed by atoms with E-state index in [0.29, 0.717) is 0 Å².